The van der Waals surface area contributed by atoms with E-state index in [2.05, 4.69) is 43.1 Å². The van der Waals surface area contributed by atoms with Crippen LogP contribution in [0.3, 0.4) is 0 Å². The Morgan fingerprint density at radius 2 is 0.868 bits per heavy atom. The van der Waals surface area contributed by atoms with Gasteiger partial charge in [-0.3, -0.25) is 19.2 Å². The number of amides is 4. The van der Waals surface area contributed by atoms with Gasteiger partial charge in [-0.15, -0.1) is 0 Å². The molecule has 4 amide bonds. The van der Waals surface area contributed by atoms with E-state index < -0.39 is 5.60 Å². The Hall–Kier alpha value is -7.04. The highest BCUT2D eigenvalue weighted by atomic mass is 16.5. The summed E-state index contributed by atoms with van der Waals surface area (Å²) in [5.74, 6) is 5.44. The van der Waals surface area contributed by atoms with E-state index in [1.165, 1.54) is 0 Å². The number of nitrogens with one attached hydrogen (secondary N) is 4. The highest BCUT2D eigenvalue weighted by molar-refractivity contribution is 5.98. The molecule has 0 aliphatic rings. The number of nitrogens with zero attached hydrogens (tertiary/aromatic N) is 2. The number of aromatic nitrogens is 2. The van der Waals surface area contributed by atoms with Crippen LogP contribution in [0, 0.1) is 11.8 Å². The second-order valence-electron chi connectivity index (χ2n) is 17.1. The molecular weight excluding hydrogens is 857 g/mol. The lowest BCUT2D eigenvalue weighted by molar-refractivity contribution is 0.0927. The first-order valence-corrected chi connectivity index (χ1v) is 23.8. The van der Waals surface area contributed by atoms with E-state index in [9.17, 15) is 24.3 Å². The van der Waals surface area contributed by atoms with Crippen molar-refractivity contribution < 1.29 is 33.8 Å². The van der Waals surface area contributed by atoms with Crippen molar-refractivity contribution in [1.82, 2.24) is 31.2 Å². The molecule has 0 saturated heterocycles. The smallest absolute Gasteiger partial charge is 0.270 e. The summed E-state index contributed by atoms with van der Waals surface area (Å²) in [5, 5.41) is 22.0. The molecule has 13 heteroatoms. The maximum atomic E-state index is 13.0. The Labute approximate surface area is 401 Å². The van der Waals surface area contributed by atoms with E-state index in [1.54, 1.807) is 38.1 Å². The summed E-state index contributed by atoms with van der Waals surface area (Å²) in [7, 11) is 0. The fraction of sp³-hybridized carbons (Fsp3) is 0.382. The van der Waals surface area contributed by atoms with E-state index in [-0.39, 0.29) is 59.6 Å². The van der Waals surface area contributed by atoms with Crippen molar-refractivity contribution in [3.8, 4) is 45.6 Å². The van der Waals surface area contributed by atoms with Crippen molar-refractivity contribution in [1.29, 1.82) is 0 Å². The van der Waals surface area contributed by atoms with Gasteiger partial charge in [0.25, 0.3) is 23.6 Å². The molecule has 0 radical (unpaired) electrons. The Bertz CT molecular complexity index is 2460. The van der Waals surface area contributed by atoms with Gasteiger partial charge >= 0.3 is 0 Å². The standard InChI is InChI=1S/C55H66N6O7/c1-7-11-27-56-51(62)47-32-44(33-48(60-47)52(63)57-28-12-8-2)67-36-38-15-19-40(20-16-38)42-23-24-46(43(31-42)25-26-55(5,6)66)41-21-17-39(18-22-41)37-68-45-34-49(53(64)58-29-13-9-3)61-50(35-45)54(65)59-30-14-10-4/h15-24,31-35,66H,7-14,27-30,36-37H2,1-6H3,(H,56,62)(H,57,63)(H,58,64)(H,59,65). The molecule has 0 spiro atoms. The first kappa shape index (κ1) is 51.9. The van der Waals surface area contributed by atoms with Crippen LogP contribution < -0.4 is 30.7 Å². The first-order chi connectivity index (χ1) is 32.8. The quantitative estimate of drug-likeness (QED) is 0.0298. The van der Waals surface area contributed by atoms with Crippen LogP contribution in [0.4, 0.5) is 0 Å². The van der Waals surface area contributed by atoms with Gasteiger partial charge in [-0.2, -0.15) is 0 Å². The lowest BCUT2D eigenvalue weighted by atomic mass is 9.94. The predicted molar refractivity (Wildman–Crippen MR) is 267 cm³/mol. The monoisotopic (exact) mass is 922 g/mol. The molecule has 0 aliphatic heterocycles. The lowest BCUT2D eigenvalue weighted by Crippen LogP contribution is -2.28. The number of ether oxygens (including phenoxy) is 2. The van der Waals surface area contributed by atoms with Crippen molar-refractivity contribution in [2.75, 3.05) is 26.2 Å². The molecule has 0 aliphatic carbocycles. The summed E-state index contributed by atoms with van der Waals surface area (Å²) in [5.41, 5.74) is 5.37. The van der Waals surface area contributed by atoms with Crippen molar-refractivity contribution in [3.05, 3.63) is 130 Å². The van der Waals surface area contributed by atoms with Crippen LogP contribution in [0.2, 0.25) is 0 Å². The van der Waals surface area contributed by atoms with Gasteiger partial charge < -0.3 is 35.8 Å². The highest BCUT2D eigenvalue weighted by Gasteiger charge is 2.18. The van der Waals surface area contributed by atoms with Crippen LogP contribution in [-0.2, 0) is 13.2 Å². The average molecular weight is 923 g/mol. The fourth-order valence-corrected chi connectivity index (χ4v) is 6.73. The number of pyridine rings is 2. The van der Waals surface area contributed by atoms with Gasteiger partial charge in [0.05, 0.1) is 0 Å². The maximum Gasteiger partial charge on any atom is 0.270 e. The van der Waals surface area contributed by atoms with E-state index in [4.69, 9.17) is 9.47 Å². The molecular formula is C55H66N6O7. The Balaban J connectivity index is 1.32. The van der Waals surface area contributed by atoms with Crippen LogP contribution in [0.1, 0.15) is 152 Å². The zero-order chi connectivity index (χ0) is 48.9. The summed E-state index contributed by atoms with van der Waals surface area (Å²) < 4.78 is 12.3. The summed E-state index contributed by atoms with van der Waals surface area (Å²) in [6.07, 6.45) is 7.04. The van der Waals surface area contributed by atoms with Gasteiger partial charge in [0.1, 0.15) is 53.1 Å². The normalized spacial score (nSPS) is 10.9. The highest BCUT2D eigenvalue weighted by Crippen LogP contribution is 2.30. The number of aliphatic hydroxyl groups is 1. The number of benzene rings is 3. The van der Waals surface area contributed by atoms with Gasteiger partial charge in [0.2, 0.25) is 0 Å². The molecule has 0 atom stereocenters. The molecule has 5 N–H and O–H groups in total. The molecule has 3 aromatic carbocycles. The van der Waals surface area contributed by atoms with Crippen LogP contribution in [0.15, 0.2) is 91.0 Å². The molecule has 0 bridgehead atoms. The van der Waals surface area contributed by atoms with Crippen LogP contribution in [-0.4, -0.2) is 70.5 Å². The molecule has 358 valence electrons. The minimum atomic E-state index is -1.22. The van der Waals surface area contributed by atoms with E-state index in [0.29, 0.717) is 37.7 Å². The third-order valence-electron chi connectivity index (χ3n) is 10.7. The van der Waals surface area contributed by atoms with Crippen LogP contribution >= 0.6 is 0 Å². The van der Waals surface area contributed by atoms with Gasteiger partial charge in [0, 0.05) is 56.0 Å². The summed E-state index contributed by atoms with van der Waals surface area (Å²) in [6.45, 7) is 13.9. The number of unbranched alkanes of at least 4 members (excludes halogenated alkanes) is 4. The number of carbonyl (C=O) groups excluding carboxylic acids is 4. The van der Waals surface area contributed by atoms with E-state index >= 15 is 0 Å². The van der Waals surface area contributed by atoms with E-state index in [1.807, 2.05) is 94.4 Å². The van der Waals surface area contributed by atoms with Crippen molar-refractivity contribution >= 4 is 23.6 Å². The third kappa shape index (κ3) is 16.4. The summed E-state index contributed by atoms with van der Waals surface area (Å²) in [6, 6.07) is 28.0. The van der Waals surface area contributed by atoms with Crippen molar-refractivity contribution in [2.45, 2.75) is 112 Å². The molecule has 0 fully saturated rings. The topological polar surface area (TPSA) is 181 Å². The van der Waals surface area contributed by atoms with Crippen LogP contribution in [0.5, 0.6) is 11.5 Å². The molecule has 0 unspecified atom stereocenters. The lowest BCUT2D eigenvalue weighted by Gasteiger charge is -2.13. The number of carbonyl (C=O) groups is 4. The molecule has 2 heterocycles. The van der Waals surface area contributed by atoms with Gasteiger partial charge in [-0.05, 0) is 79.0 Å². The number of hydrogen-bond acceptors (Lipinski definition) is 9. The van der Waals surface area contributed by atoms with Crippen molar-refractivity contribution in [2.24, 2.45) is 0 Å². The zero-order valence-electron chi connectivity index (χ0n) is 40.4. The van der Waals surface area contributed by atoms with Gasteiger partial charge in [-0.25, -0.2) is 9.97 Å². The fourth-order valence-electron chi connectivity index (χ4n) is 6.73. The zero-order valence-corrected chi connectivity index (χ0v) is 40.4. The molecule has 5 aromatic rings. The largest absolute Gasteiger partial charge is 0.489 e. The molecule has 0 saturated carbocycles. The summed E-state index contributed by atoms with van der Waals surface area (Å²) >= 11 is 0. The summed E-state index contributed by atoms with van der Waals surface area (Å²) in [4.78, 5) is 60.5. The second-order valence-corrected chi connectivity index (χ2v) is 17.1. The number of hydrogen-bond donors (Lipinski definition) is 5. The molecule has 13 nitrogen and oxygen atoms in total. The third-order valence-corrected chi connectivity index (χ3v) is 10.7. The van der Waals surface area contributed by atoms with Crippen LogP contribution in [0.25, 0.3) is 22.3 Å². The van der Waals surface area contributed by atoms with Crippen molar-refractivity contribution in [3.63, 3.8) is 0 Å². The molecule has 5 rings (SSSR count). The minimum Gasteiger partial charge on any atom is -0.489 e. The Kier molecular flexibility index (Phi) is 20.1. The van der Waals surface area contributed by atoms with Gasteiger partial charge in [-0.1, -0.05) is 126 Å². The average Bonchev–Trinajstić information content (AvgIpc) is 3.34. The Morgan fingerprint density at radius 3 is 1.22 bits per heavy atom. The second kappa shape index (κ2) is 26.3. The van der Waals surface area contributed by atoms with Gasteiger partial charge in [0.15, 0.2) is 0 Å². The molecule has 2 aromatic heterocycles. The Morgan fingerprint density at radius 1 is 0.515 bits per heavy atom. The number of rotatable bonds is 24. The SMILES string of the molecule is CCCCNC(=O)c1cc(OCc2ccc(-c3ccc(-c4ccc(COc5cc(C(=O)NCCCC)nc(C(=O)NCCCC)c5)cc4)c(C#CC(C)(C)O)c3)cc2)cc(C(=O)NCCCC)n1. The molecule has 68 heavy (non-hydrogen) atoms. The maximum absolute atomic E-state index is 13.0. The predicted octanol–water partition coefficient (Wildman–Crippen LogP) is 9.21. The minimum absolute atomic E-state index is 0.114. The first-order valence-electron chi connectivity index (χ1n) is 23.8. The van der Waals surface area contributed by atoms with E-state index in [0.717, 1.165) is 90.3 Å².